The summed E-state index contributed by atoms with van der Waals surface area (Å²) in [7, 11) is 0. The van der Waals surface area contributed by atoms with Gasteiger partial charge in [0.25, 0.3) is 0 Å². The second kappa shape index (κ2) is 6.06. The van der Waals surface area contributed by atoms with E-state index in [4.69, 9.17) is 0 Å². The highest BCUT2D eigenvalue weighted by molar-refractivity contribution is 7.09. The predicted octanol–water partition coefficient (Wildman–Crippen LogP) is 0.511. The molecule has 2 aromatic rings. The number of aromatic nitrogens is 3. The Morgan fingerprint density at radius 3 is 3.11 bits per heavy atom. The summed E-state index contributed by atoms with van der Waals surface area (Å²) in [5.74, 6) is -0.145. The van der Waals surface area contributed by atoms with Crippen LogP contribution in [0.5, 0.6) is 0 Å². The van der Waals surface area contributed by atoms with Crippen LogP contribution in [0.4, 0.5) is 0 Å². The van der Waals surface area contributed by atoms with Crippen molar-refractivity contribution < 1.29 is 9.59 Å². The molecule has 0 spiro atoms. The lowest BCUT2D eigenvalue weighted by atomic mass is 10.3. The van der Waals surface area contributed by atoms with Crippen LogP contribution in [0.1, 0.15) is 15.4 Å². The molecule has 0 aromatic carbocycles. The lowest BCUT2D eigenvalue weighted by Gasteiger charge is -2.03. The predicted molar refractivity (Wildman–Crippen MR) is 66.4 cm³/mol. The maximum Gasteiger partial charge on any atom is 0.241 e. The first kappa shape index (κ1) is 12.4. The number of nitrogens with zero attached hydrogens (tertiary/aromatic N) is 3. The highest BCUT2D eigenvalue weighted by Crippen LogP contribution is 2.07. The standard InChI is InChI=1S/C11H12N4O2S/c16-8-9-6-15(14-13-9)7-11(17)12-4-3-10-2-1-5-18-10/h1-2,5-6,8H,3-4,7H2,(H,12,17). The number of rotatable bonds is 6. The fraction of sp³-hybridized carbons (Fsp3) is 0.273. The van der Waals surface area contributed by atoms with E-state index in [1.807, 2.05) is 17.5 Å². The van der Waals surface area contributed by atoms with E-state index in [1.54, 1.807) is 11.3 Å². The van der Waals surface area contributed by atoms with Gasteiger partial charge in [-0.15, -0.1) is 16.4 Å². The molecular formula is C11H12N4O2S. The summed E-state index contributed by atoms with van der Waals surface area (Å²) in [5.41, 5.74) is 0.224. The van der Waals surface area contributed by atoms with E-state index in [9.17, 15) is 9.59 Å². The van der Waals surface area contributed by atoms with E-state index in [-0.39, 0.29) is 18.1 Å². The van der Waals surface area contributed by atoms with E-state index >= 15 is 0 Å². The molecule has 0 fully saturated rings. The normalized spacial score (nSPS) is 10.2. The van der Waals surface area contributed by atoms with Crippen LogP contribution in [-0.2, 0) is 17.8 Å². The number of carbonyl (C=O) groups is 2. The van der Waals surface area contributed by atoms with Gasteiger partial charge < -0.3 is 5.32 Å². The van der Waals surface area contributed by atoms with Crippen molar-refractivity contribution in [2.75, 3.05) is 6.54 Å². The van der Waals surface area contributed by atoms with E-state index in [0.29, 0.717) is 12.8 Å². The molecule has 94 valence electrons. The average Bonchev–Trinajstić information content (AvgIpc) is 3.00. The summed E-state index contributed by atoms with van der Waals surface area (Å²) in [4.78, 5) is 23.2. The van der Waals surface area contributed by atoms with E-state index < -0.39 is 0 Å². The molecular weight excluding hydrogens is 252 g/mol. The summed E-state index contributed by atoms with van der Waals surface area (Å²) in [6, 6.07) is 4.02. The zero-order valence-electron chi connectivity index (χ0n) is 9.57. The molecule has 6 nitrogen and oxygen atoms in total. The van der Waals surface area contributed by atoms with Gasteiger partial charge in [-0.25, -0.2) is 4.68 Å². The Labute approximate surface area is 108 Å². The first-order valence-corrected chi connectivity index (χ1v) is 6.30. The minimum Gasteiger partial charge on any atom is -0.354 e. The molecule has 1 N–H and O–H groups in total. The number of amides is 1. The van der Waals surface area contributed by atoms with Gasteiger partial charge >= 0.3 is 0 Å². The largest absolute Gasteiger partial charge is 0.354 e. The fourth-order valence-electron chi connectivity index (χ4n) is 1.43. The monoisotopic (exact) mass is 264 g/mol. The number of hydrogen-bond acceptors (Lipinski definition) is 5. The van der Waals surface area contributed by atoms with Crippen LogP contribution in [0, 0.1) is 0 Å². The second-order valence-corrected chi connectivity index (χ2v) is 4.67. The van der Waals surface area contributed by atoms with E-state index in [1.165, 1.54) is 15.8 Å². The van der Waals surface area contributed by atoms with Gasteiger partial charge in [0.1, 0.15) is 12.2 Å². The Bertz CT molecular complexity index is 521. The van der Waals surface area contributed by atoms with Crippen LogP contribution in [0.2, 0.25) is 0 Å². The first-order valence-electron chi connectivity index (χ1n) is 5.42. The molecule has 0 aliphatic rings. The third-order valence-corrected chi connectivity index (χ3v) is 3.19. The van der Waals surface area contributed by atoms with Gasteiger partial charge in [0.05, 0.1) is 6.20 Å². The molecule has 2 aromatic heterocycles. The first-order chi connectivity index (χ1) is 8.78. The van der Waals surface area contributed by atoms with Gasteiger partial charge in [0.2, 0.25) is 5.91 Å². The van der Waals surface area contributed by atoms with E-state index in [2.05, 4.69) is 15.6 Å². The third kappa shape index (κ3) is 3.49. The third-order valence-electron chi connectivity index (χ3n) is 2.26. The van der Waals surface area contributed by atoms with Crippen LogP contribution in [0.3, 0.4) is 0 Å². The number of aldehydes is 1. The topological polar surface area (TPSA) is 76.9 Å². The van der Waals surface area contributed by atoms with Gasteiger partial charge in [0.15, 0.2) is 6.29 Å². The molecule has 7 heteroatoms. The minimum atomic E-state index is -0.145. The van der Waals surface area contributed by atoms with Crippen molar-refractivity contribution in [2.45, 2.75) is 13.0 Å². The molecule has 0 aliphatic heterocycles. The Morgan fingerprint density at radius 1 is 1.56 bits per heavy atom. The lowest BCUT2D eigenvalue weighted by Crippen LogP contribution is -2.29. The van der Waals surface area contributed by atoms with Crippen molar-refractivity contribution in [3.8, 4) is 0 Å². The second-order valence-electron chi connectivity index (χ2n) is 3.64. The van der Waals surface area contributed by atoms with Crippen LogP contribution in [0.15, 0.2) is 23.7 Å². The Balaban J connectivity index is 1.73. The molecule has 0 bridgehead atoms. The quantitative estimate of drug-likeness (QED) is 0.771. The summed E-state index contributed by atoms with van der Waals surface area (Å²) in [6.07, 6.45) is 2.85. The van der Waals surface area contributed by atoms with Gasteiger partial charge in [-0.3, -0.25) is 9.59 Å². The van der Waals surface area contributed by atoms with Gasteiger partial charge in [-0.05, 0) is 17.9 Å². The molecule has 0 atom stereocenters. The highest BCUT2D eigenvalue weighted by atomic mass is 32.1. The molecule has 0 unspecified atom stereocenters. The minimum absolute atomic E-state index is 0.0747. The average molecular weight is 264 g/mol. The molecule has 18 heavy (non-hydrogen) atoms. The molecule has 0 saturated heterocycles. The maximum atomic E-state index is 11.6. The van der Waals surface area contributed by atoms with Crippen molar-refractivity contribution in [1.29, 1.82) is 0 Å². The Kier molecular flexibility index (Phi) is 4.19. The maximum absolute atomic E-state index is 11.6. The molecule has 2 heterocycles. The summed E-state index contributed by atoms with van der Waals surface area (Å²) < 4.78 is 1.34. The lowest BCUT2D eigenvalue weighted by molar-refractivity contribution is -0.121. The van der Waals surface area contributed by atoms with Crippen molar-refractivity contribution in [3.63, 3.8) is 0 Å². The summed E-state index contributed by atoms with van der Waals surface area (Å²) in [5, 5.41) is 12.0. The molecule has 0 radical (unpaired) electrons. The number of nitrogens with one attached hydrogen (secondary N) is 1. The Hall–Kier alpha value is -2.02. The highest BCUT2D eigenvalue weighted by Gasteiger charge is 2.05. The summed E-state index contributed by atoms with van der Waals surface area (Å²) >= 11 is 1.67. The zero-order chi connectivity index (χ0) is 12.8. The molecule has 0 saturated carbocycles. The Morgan fingerprint density at radius 2 is 2.44 bits per heavy atom. The zero-order valence-corrected chi connectivity index (χ0v) is 10.4. The van der Waals surface area contributed by atoms with Crippen LogP contribution in [0.25, 0.3) is 0 Å². The number of hydrogen-bond donors (Lipinski definition) is 1. The van der Waals surface area contributed by atoms with Gasteiger partial charge in [-0.2, -0.15) is 0 Å². The van der Waals surface area contributed by atoms with Crippen molar-refractivity contribution in [1.82, 2.24) is 20.3 Å². The SMILES string of the molecule is O=Cc1cn(CC(=O)NCCc2cccs2)nn1. The molecule has 1 amide bonds. The fourth-order valence-corrected chi connectivity index (χ4v) is 2.14. The van der Waals surface area contributed by atoms with Crippen LogP contribution in [-0.4, -0.2) is 33.7 Å². The van der Waals surface area contributed by atoms with Crippen molar-refractivity contribution in [3.05, 3.63) is 34.3 Å². The van der Waals surface area contributed by atoms with Crippen LogP contribution < -0.4 is 5.32 Å². The number of carbonyl (C=O) groups excluding carboxylic acids is 2. The van der Waals surface area contributed by atoms with Gasteiger partial charge in [0, 0.05) is 11.4 Å². The molecule has 2 rings (SSSR count). The molecule has 0 aliphatic carbocycles. The smallest absolute Gasteiger partial charge is 0.241 e. The van der Waals surface area contributed by atoms with E-state index in [0.717, 1.165) is 6.42 Å². The summed E-state index contributed by atoms with van der Waals surface area (Å²) in [6.45, 7) is 0.667. The number of thiophene rings is 1. The van der Waals surface area contributed by atoms with Gasteiger partial charge in [-0.1, -0.05) is 11.3 Å². The van der Waals surface area contributed by atoms with Crippen molar-refractivity contribution >= 4 is 23.5 Å². The van der Waals surface area contributed by atoms with Crippen LogP contribution >= 0.6 is 11.3 Å². The van der Waals surface area contributed by atoms with Crippen molar-refractivity contribution in [2.24, 2.45) is 0 Å².